The summed E-state index contributed by atoms with van der Waals surface area (Å²) in [5.74, 6) is 1.95. The minimum atomic E-state index is 0.342. The summed E-state index contributed by atoms with van der Waals surface area (Å²) >= 11 is 0. The van der Waals surface area contributed by atoms with Gasteiger partial charge in [-0.2, -0.15) is 0 Å². The summed E-state index contributed by atoms with van der Waals surface area (Å²) in [5.41, 5.74) is 4.16. The summed E-state index contributed by atoms with van der Waals surface area (Å²) in [6, 6.07) is 0.775. The minimum absolute atomic E-state index is 0.342. The van der Waals surface area contributed by atoms with Gasteiger partial charge in [0, 0.05) is 25.3 Å². The minimum Gasteiger partial charge on any atom is -0.377 e. The molecule has 0 aromatic rings. The van der Waals surface area contributed by atoms with Crippen molar-refractivity contribution < 1.29 is 0 Å². The predicted molar refractivity (Wildman–Crippen MR) is 126 cm³/mol. The van der Waals surface area contributed by atoms with Crippen LogP contribution in [0.5, 0.6) is 0 Å². The van der Waals surface area contributed by atoms with Crippen LogP contribution < -0.4 is 0 Å². The summed E-state index contributed by atoms with van der Waals surface area (Å²) in [7, 11) is 4.45. The molecule has 0 aromatic carbocycles. The van der Waals surface area contributed by atoms with Crippen molar-refractivity contribution in [3.8, 4) is 0 Å². The van der Waals surface area contributed by atoms with Gasteiger partial charge in [-0.1, -0.05) is 64.2 Å². The van der Waals surface area contributed by atoms with E-state index in [4.69, 9.17) is 0 Å². The molecule has 0 bridgehead atoms. The largest absolute Gasteiger partial charge is 0.377 e. The van der Waals surface area contributed by atoms with Crippen molar-refractivity contribution in [2.24, 2.45) is 17.8 Å². The van der Waals surface area contributed by atoms with Crippen molar-refractivity contribution in [3.05, 3.63) is 47.7 Å². The molecule has 0 saturated heterocycles. The zero-order valence-corrected chi connectivity index (χ0v) is 20.1. The zero-order valence-electron chi connectivity index (χ0n) is 20.1. The Morgan fingerprint density at radius 1 is 1.25 bits per heavy atom. The first-order chi connectivity index (χ1) is 13.1. The Hall–Kier alpha value is -1.28. The van der Waals surface area contributed by atoms with E-state index in [0.717, 1.165) is 12.2 Å². The van der Waals surface area contributed by atoms with E-state index in [-0.39, 0.29) is 0 Å². The maximum Gasteiger partial charge on any atom is 0.0560 e. The molecule has 0 amide bonds. The second kappa shape index (κ2) is 11.7. The number of likely N-dealkylation sites (N-methyl/N-ethyl adjacent to an activating group) is 2. The van der Waals surface area contributed by atoms with Gasteiger partial charge in [0.05, 0.1) is 6.04 Å². The molecule has 2 nitrogen and oxygen atoms in total. The van der Waals surface area contributed by atoms with Crippen LogP contribution >= 0.6 is 0 Å². The van der Waals surface area contributed by atoms with Gasteiger partial charge in [0.15, 0.2) is 0 Å². The molecule has 4 atom stereocenters. The van der Waals surface area contributed by atoms with E-state index in [1.807, 2.05) is 0 Å². The Kier molecular flexibility index (Phi) is 10.3. The fraction of sp³-hybridized carbons (Fsp3) is 0.692. The third-order valence-electron chi connectivity index (χ3n) is 6.27. The molecular weight excluding hydrogens is 340 g/mol. The average Bonchev–Trinajstić information content (AvgIpc) is 2.82. The van der Waals surface area contributed by atoms with Crippen molar-refractivity contribution in [3.63, 3.8) is 0 Å². The molecule has 1 rings (SSSR count). The highest BCUT2D eigenvalue weighted by Gasteiger charge is 2.29. The van der Waals surface area contributed by atoms with E-state index in [0.29, 0.717) is 29.8 Å². The Balaban J connectivity index is 3.24. The average molecular weight is 387 g/mol. The van der Waals surface area contributed by atoms with Gasteiger partial charge in [-0.15, -0.1) is 0 Å². The van der Waals surface area contributed by atoms with Crippen LogP contribution in [0, 0.1) is 17.8 Å². The van der Waals surface area contributed by atoms with Crippen molar-refractivity contribution in [2.45, 2.75) is 79.8 Å². The van der Waals surface area contributed by atoms with Crippen LogP contribution in [0.1, 0.15) is 67.7 Å². The van der Waals surface area contributed by atoms with Crippen LogP contribution in [0.15, 0.2) is 47.7 Å². The van der Waals surface area contributed by atoms with Gasteiger partial charge in [0.2, 0.25) is 0 Å². The number of hydrogen-bond acceptors (Lipinski definition) is 2. The monoisotopic (exact) mass is 386 g/mol. The molecule has 0 N–H and O–H groups in total. The lowest BCUT2D eigenvalue weighted by molar-refractivity contribution is 0.185. The first-order valence-electron chi connectivity index (χ1n) is 11.2. The van der Waals surface area contributed by atoms with E-state index in [2.05, 4.69) is 103 Å². The van der Waals surface area contributed by atoms with Gasteiger partial charge in [0.1, 0.15) is 0 Å². The lowest BCUT2D eigenvalue weighted by atomic mass is 9.83. The van der Waals surface area contributed by atoms with E-state index in [1.165, 1.54) is 24.8 Å². The summed E-state index contributed by atoms with van der Waals surface area (Å²) in [6.07, 6.45) is 13.3. The summed E-state index contributed by atoms with van der Waals surface area (Å²) in [5, 5.41) is 0. The maximum atomic E-state index is 4.11. The third-order valence-corrected chi connectivity index (χ3v) is 6.27. The predicted octanol–water partition coefficient (Wildman–Crippen LogP) is 6.68. The van der Waals surface area contributed by atoms with Crippen molar-refractivity contribution in [1.29, 1.82) is 0 Å². The fourth-order valence-corrected chi connectivity index (χ4v) is 4.31. The molecule has 160 valence electrons. The van der Waals surface area contributed by atoms with Gasteiger partial charge >= 0.3 is 0 Å². The first-order valence-corrected chi connectivity index (χ1v) is 11.2. The molecule has 0 radical (unpaired) electrons. The van der Waals surface area contributed by atoms with Crippen molar-refractivity contribution in [2.75, 3.05) is 20.6 Å². The van der Waals surface area contributed by atoms with Crippen LogP contribution in [-0.2, 0) is 0 Å². The second-order valence-corrected chi connectivity index (χ2v) is 9.47. The summed E-state index contributed by atoms with van der Waals surface area (Å²) in [4.78, 5) is 4.85. The highest BCUT2D eigenvalue weighted by Crippen LogP contribution is 2.32. The van der Waals surface area contributed by atoms with Crippen LogP contribution in [0.3, 0.4) is 0 Å². The molecule has 2 heteroatoms. The van der Waals surface area contributed by atoms with E-state index in [9.17, 15) is 0 Å². The molecular formula is C26H46N2. The maximum absolute atomic E-state index is 4.11. The van der Waals surface area contributed by atoms with Crippen molar-refractivity contribution >= 4 is 0 Å². The lowest BCUT2D eigenvalue weighted by Crippen LogP contribution is -2.46. The fourth-order valence-electron chi connectivity index (χ4n) is 4.31. The molecule has 1 aliphatic carbocycles. The zero-order chi connectivity index (χ0) is 21.4. The Morgan fingerprint density at radius 2 is 1.89 bits per heavy atom. The molecule has 1 aliphatic rings. The molecule has 0 aromatic heterocycles. The van der Waals surface area contributed by atoms with E-state index < -0.39 is 0 Å². The smallest absolute Gasteiger partial charge is 0.0560 e. The van der Waals surface area contributed by atoms with Gasteiger partial charge in [0.25, 0.3) is 0 Å². The van der Waals surface area contributed by atoms with Crippen molar-refractivity contribution in [1.82, 2.24) is 9.80 Å². The Labute approximate surface area is 176 Å². The highest BCUT2D eigenvalue weighted by atomic mass is 15.2. The number of allylic oxidation sites excluding steroid dienone is 4. The summed E-state index contributed by atoms with van der Waals surface area (Å²) < 4.78 is 0. The quantitative estimate of drug-likeness (QED) is 0.386. The number of hydrogen-bond donors (Lipinski definition) is 0. The van der Waals surface area contributed by atoms with Gasteiger partial charge in [-0.3, -0.25) is 4.90 Å². The van der Waals surface area contributed by atoms with Crippen LogP contribution in [0.4, 0.5) is 0 Å². The molecule has 0 aliphatic heterocycles. The molecule has 4 unspecified atom stereocenters. The van der Waals surface area contributed by atoms with Gasteiger partial charge < -0.3 is 4.90 Å². The van der Waals surface area contributed by atoms with Gasteiger partial charge in [-0.25, -0.2) is 0 Å². The molecule has 28 heavy (non-hydrogen) atoms. The molecule has 0 saturated carbocycles. The molecule has 0 heterocycles. The topological polar surface area (TPSA) is 6.48 Å². The number of rotatable bonds is 10. The van der Waals surface area contributed by atoms with Gasteiger partial charge in [-0.05, 0) is 70.4 Å². The highest BCUT2D eigenvalue weighted by molar-refractivity contribution is 5.36. The van der Waals surface area contributed by atoms with Crippen LogP contribution in [0.2, 0.25) is 0 Å². The standard InChI is InChI=1S/C26H46N2/c1-11-25(22(7)17-19(2)3)26(24-14-12-13-21(6)15-16-24)28(10)23(8)18-27(9)20(4)5/h11,14-16,19,21-23,26H,4,12-13,17-18H2,1-3,5-10H3/b25-11+. The third kappa shape index (κ3) is 7.28. The molecule has 0 fully saturated rings. The second-order valence-electron chi connectivity index (χ2n) is 9.47. The van der Waals surface area contributed by atoms with Crippen LogP contribution in [-0.4, -0.2) is 42.5 Å². The Morgan fingerprint density at radius 3 is 2.43 bits per heavy atom. The normalized spacial score (nSPS) is 21.3. The summed E-state index contributed by atoms with van der Waals surface area (Å²) in [6.45, 7) is 21.2. The number of nitrogens with zero attached hydrogens (tertiary/aromatic N) is 2. The lowest BCUT2D eigenvalue weighted by Gasteiger charge is -2.39. The van der Waals surface area contributed by atoms with E-state index in [1.54, 1.807) is 5.57 Å². The van der Waals surface area contributed by atoms with Crippen LogP contribution in [0.25, 0.3) is 0 Å². The molecule has 0 spiro atoms. The Bertz CT molecular complexity index is 581. The SMILES string of the molecule is C=C(C)N(C)CC(C)N(C)C(C1=CCCC(C)C=C1)/C(=C/C)C(C)CC(C)C. The first kappa shape index (κ1) is 24.8. The van der Waals surface area contributed by atoms with E-state index >= 15 is 0 Å².